The van der Waals surface area contributed by atoms with Crippen LogP contribution in [-0.4, -0.2) is 53.4 Å². The Morgan fingerprint density at radius 3 is 2.62 bits per heavy atom. The molecule has 2 bridgehead atoms. The van der Waals surface area contributed by atoms with E-state index in [1.807, 2.05) is 26.8 Å². The third-order valence-electron chi connectivity index (χ3n) is 11.5. The zero-order valence-corrected chi connectivity index (χ0v) is 24.5. The van der Waals surface area contributed by atoms with E-state index in [1.165, 1.54) is 0 Å². The van der Waals surface area contributed by atoms with Gasteiger partial charge in [0.2, 0.25) is 0 Å². The number of benzene rings is 1. The van der Waals surface area contributed by atoms with Crippen LogP contribution in [0, 0.1) is 34.0 Å². The van der Waals surface area contributed by atoms with E-state index in [2.05, 4.69) is 38.9 Å². The maximum atomic E-state index is 15.0. The largest absolute Gasteiger partial charge is 0.497 e. The summed E-state index contributed by atoms with van der Waals surface area (Å²) in [6.07, 6.45) is 3.15. The Bertz CT molecular complexity index is 1500. The van der Waals surface area contributed by atoms with Crippen molar-refractivity contribution >= 4 is 16.8 Å². The minimum atomic E-state index is -1.74. The molecular formula is C32H39NO7. The normalized spacial score (nSPS) is 42.5. The van der Waals surface area contributed by atoms with Gasteiger partial charge in [-0.25, -0.2) is 0 Å². The number of carbonyl (C=O) groups is 1. The highest BCUT2D eigenvalue weighted by Gasteiger charge is 2.81. The average Bonchev–Trinajstić information content (AvgIpc) is 3.16. The van der Waals surface area contributed by atoms with Gasteiger partial charge >= 0.3 is 0 Å². The summed E-state index contributed by atoms with van der Waals surface area (Å²) in [6.45, 7) is 14.8. The first-order chi connectivity index (χ1) is 18.7. The maximum absolute atomic E-state index is 15.0. The molecule has 1 aliphatic heterocycles. The fraction of sp³-hybridized carbons (Fsp3) is 0.625. The van der Waals surface area contributed by atoms with Crippen LogP contribution >= 0.6 is 0 Å². The Morgan fingerprint density at radius 2 is 1.90 bits per heavy atom. The Kier molecular flexibility index (Phi) is 5.10. The summed E-state index contributed by atoms with van der Waals surface area (Å²) in [7, 11) is 1.59. The van der Waals surface area contributed by atoms with E-state index >= 15 is 4.79 Å². The van der Waals surface area contributed by atoms with Crippen molar-refractivity contribution in [2.24, 2.45) is 34.0 Å². The van der Waals surface area contributed by atoms with Crippen LogP contribution in [0.2, 0.25) is 0 Å². The fourth-order valence-corrected chi connectivity index (χ4v) is 8.98. The van der Waals surface area contributed by atoms with E-state index in [4.69, 9.17) is 23.5 Å². The number of fused-ring (bicyclic) bond motifs is 6. The van der Waals surface area contributed by atoms with Crippen molar-refractivity contribution in [1.29, 1.82) is 0 Å². The first-order valence-corrected chi connectivity index (χ1v) is 14.3. The van der Waals surface area contributed by atoms with Gasteiger partial charge in [0.15, 0.2) is 28.9 Å². The van der Waals surface area contributed by atoms with Crippen LogP contribution in [0.25, 0.3) is 11.0 Å². The number of ketones is 1. The quantitative estimate of drug-likeness (QED) is 0.519. The van der Waals surface area contributed by atoms with Gasteiger partial charge in [0, 0.05) is 5.92 Å². The van der Waals surface area contributed by atoms with E-state index in [-0.39, 0.29) is 40.9 Å². The van der Waals surface area contributed by atoms with Gasteiger partial charge in [0.25, 0.3) is 5.88 Å². The molecule has 1 aromatic heterocycles. The van der Waals surface area contributed by atoms with E-state index in [0.29, 0.717) is 22.6 Å². The smallest absolute Gasteiger partial charge is 0.262 e. The topological polar surface area (TPSA) is 100 Å². The lowest BCUT2D eigenvalue weighted by Gasteiger charge is -2.52. The molecule has 4 aliphatic carbocycles. The lowest BCUT2D eigenvalue weighted by molar-refractivity contribution is -0.301. The molecule has 8 heteroatoms. The Labute approximate surface area is 234 Å². The Hall–Kier alpha value is -2.68. The molecule has 1 saturated heterocycles. The highest BCUT2D eigenvalue weighted by molar-refractivity contribution is 5.96. The number of aliphatic hydroxyl groups is 1. The van der Waals surface area contributed by atoms with Crippen molar-refractivity contribution in [3.05, 3.63) is 41.5 Å². The molecule has 0 amide bonds. The number of allylic oxidation sites excluding steroid dienone is 1. The first kappa shape index (κ1) is 26.2. The van der Waals surface area contributed by atoms with E-state index in [0.717, 1.165) is 17.6 Å². The number of rotatable bonds is 3. The van der Waals surface area contributed by atoms with Crippen LogP contribution in [0.3, 0.4) is 0 Å². The molecule has 1 N–H and O–H groups in total. The molecule has 3 fully saturated rings. The SMILES string of the molecule is COc1ccc2onc(O[C@H]3C(C)=C[C@]45C(=O)[C@@H](C=C6COC(C)(C)O[C@H]6[C@]34O)[C@@]3(C)[C@@H](C[C@H]5C)C3(C)C)c2c1. The number of methoxy groups -OCH3 is 1. The van der Waals surface area contributed by atoms with Crippen LogP contribution in [0.15, 0.2) is 46.0 Å². The van der Waals surface area contributed by atoms with Crippen molar-refractivity contribution in [3.63, 3.8) is 0 Å². The minimum absolute atomic E-state index is 0.000189. The minimum Gasteiger partial charge on any atom is -0.497 e. The number of hydrogen-bond donors (Lipinski definition) is 1. The number of carbonyl (C=O) groups excluding carboxylic acids is 1. The fourth-order valence-electron chi connectivity index (χ4n) is 8.98. The molecule has 5 aliphatic rings. The molecule has 2 heterocycles. The van der Waals surface area contributed by atoms with Crippen molar-refractivity contribution in [1.82, 2.24) is 5.16 Å². The zero-order chi connectivity index (χ0) is 28.6. The monoisotopic (exact) mass is 549 g/mol. The van der Waals surface area contributed by atoms with Crippen LogP contribution in [-0.2, 0) is 14.3 Å². The van der Waals surface area contributed by atoms with E-state index in [1.54, 1.807) is 25.3 Å². The molecule has 8 nitrogen and oxygen atoms in total. The summed E-state index contributed by atoms with van der Waals surface area (Å²) in [5.74, 6) is -0.228. The van der Waals surface area contributed by atoms with Crippen LogP contribution in [0.4, 0.5) is 0 Å². The molecule has 0 radical (unpaired) electrons. The van der Waals surface area contributed by atoms with Gasteiger partial charge in [-0.05, 0) is 84.4 Å². The number of nitrogens with zero attached hydrogens (tertiary/aromatic N) is 1. The molecule has 40 heavy (non-hydrogen) atoms. The molecule has 0 unspecified atom stereocenters. The molecule has 1 aromatic carbocycles. The highest BCUT2D eigenvalue weighted by atomic mass is 16.7. The molecule has 7 rings (SSSR count). The molecular weight excluding hydrogens is 510 g/mol. The predicted octanol–water partition coefficient (Wildman–Crippen LogP) is 5.24. The van der Waals surface area contributed by atoms with Crippen LogP contribution < -0.4 is 9.47 Å². The molecule has 2 saturated carbocycles. The molecule has 214 valence electrons. The second kappa shape index (κ2) is 7.78. The predicted molar refractivity (Wildman–Crippen MR) is 147 cm³/mol. The summed E-state index contributed by atoms with van der Waals surface area (Å²) in [5.41, 5.74) is -1.08. The van der Waals surface area contributed by atoms with Crippen LogP contribution in [0.1, 0.15) is 54.9 Å². The van der Waals surface area contributed by atoms with Crippen molar-refractivity contribution in [2.75, 3.05) is 13.7 Å². The van der Waals surface area contributed by atoms with Crippen molar-refractivity contribution in [3.8, 4) is 11.6 Å². The summed E-state index contributed by atoms with van der Waals surface area (Å²) >= 11 is 0. The molecule has 8 atom stereocenters. The van der Waals surface area contributed by atoms with Gasteiger partial charge in [-0.15, -0.1) is 0 Å². The number of Topliss-reactive ketones (excluding diaryl/α,β-unsaturated/α-hetero) is 1. The van der Waals surface area contributed by atoms with Crippen molar-refractivity contribution in [2.45, 2.75) is 78.5 Å². The highest BCUT2D eigenvalue weighted by Crippen LogP contribution is 2.79. The number of ether oxygens (including phenoxy) is 4. The number of aromatic nitrogens is 1. The van der Waals surface area contributed by atoms with Gasteiger partial charge in [-0.2, -0.15) is 0 Å². The second-order valence-electron chi connectivity index (χ2n) is 13.9. The van der Waals surface area contributed by atoms with Crippen LogP contribution in [0.5, 0.6) is 11.6 Å². The Balaban J connectivity index is 1.43. The Morgan fingerprint density at radius 1 is 1.15 bits per heavy atom. The van der Waals surface area contributed by atoms with Crippen molar-refractivity contribution < 1.29 is 33.4 Å². The summed E-state index contributed by atoms with van der Waals surface area (Å²) in [6, 6.07) is 5.36. The van der Waals surface area contributed by atoms with Gasteiger partial charge in [0.1, 0.15) is 11.9 Å². The lowest BCUT2D eigenvalue weighted by Crippen LogP contribution is -2.68. The molecule has 1 spiro atoms. The van der Waals surface area contributed by atoms with E-state index < -0.39 is 29.0 Å². The van der Waals surface area contributed by atoms with Gasteiger partial charge < -0.3 is 28.6 Å². The summed E-state index contributed by atoms with van der Waals surface area (Å²) < 4.78 is 30.3. The first-order valence-electron chi connectivity index (χ1n) is 14.3. The second-order valence-corrected chi connectivity index (χ2v) is 13.9. The van der Waals surface area contributed by atoms with Gasteiger partial charge in [-0.1, -0.05) is 39.8 Å². The summed E-state index contributed by atoms with van der Waals surface area (Å²) in [5, 5.41) is 18.1. The number of hydrogen-bond acceptors (Lipinski definition) is 8. The van der Waals surface area contributed by atoms with Gasteiger partial charge in [-0.3, -0.25) is 4.79 Å². The van der Waals surface area contributed by atoms with Gasteiger partial charge in [0.05, 0.1) is 24.5 Å². The maximum Gasteiger partial charge on any atom is 0.262 e. The third kappa shape index (κ3) is 2.92. The average molecular weight is 550 g/mol. The third-order valence-corrected chi connectivity index (χ3v) is 11.5. The summed E-state index contributed by atoms with van der Waals surface area (Å²) in [4.78, 5) is 15.0. The standard InChI is InChI=1S/C32H39NO7/c1-16-14-31-17(2)11-23-28(3,4)30(23,7)21(24(31)34)12-18-15-37-29(5,6)39-26(18)32(31,35)25(16)38-27-20-13-19(36-8)9-10-22(20)40-33-27/h9-10,12-14,17,21,23,25-26,35H,11,15H2,1-8H3/t17-,21-,23+,25+,26-,30+,31+,32-/m1/s1. The molecule has 2 aromatic rings. The van der Waals surface area contributed by atoms with E-state index in [9.17, 15) is 5.11 Å². The lowest BCUT2D eigenvalue weighted by atomic mass is 9.58. The zero-order valence-electron chi connectivity index (χ0n) is 24.5.